The number of rotatable bonds is 9. The molecule has 0 heterocycles. The van der Waals surface area contributed by atoms with Gasteiger partial charge in [0.05, 0.1) is 18.9 Å². The van der Waals surface area contributed by atoms with Gasteiger partial charge < -0.3 is 15.3 Å². The molecular weight excluding hydrogens is 226 g/mol. The van der Waals surface area contributed by atoms with Gasteiger partial charge in [0.25, 0.3) is 0 Å². The second-order valence-electron chi connectivity index (χ2n) is 4.12. The van der Waals surface area contributed by atoms with E-state index in [1.165, 1.54) is 0 Å². The van der Waals surface area contributed by atoms with Gasteiger partial charge in [-0.25, -0.2) is 0 Å². The normalized spacial score (nSPS) is 14.6. The number of aliphatic hydroxyl groups is 1. The van der Waals surface area contributed by atoms with Crippen LogP contribution >= 0.6 is 0 Å². The Labute approximate surface area is 101 Å². The third-order valence-corrected chi connectivity index (χ3v) is 2.74. The lowest BCUT2D eigenvalue weighted by Crippen LogP contribution is -2.42. The summed E-state index contributed by atoms with van der Waals surface area (Å²) in [5.74, 6) is -2.42. The summed E-state index contributed by atoms with van der Waals surface area (Å²) in [5.41, 5.74) is 0. The van der Waals surface area contributed by atoms with Crippen LogP contribution in [0.4, 0.5) is 0 Å². The molecule has 2 unspecified atom stereocenters. The van der Waals surface area contributed by atoms with Gasteiger partial charge in [-0.15, -0.1) is 0 Å². The summed E-state index contributed by atoms with van der Waals surface area (Å²) in [6.07, 6.45) is 0.602. The molecule has 0 aromatic heterocycles. The van der Waals surface area contributed by atoms with E-state index in [1.807, 2.05) is 6.92 Å². The van der Waals surface area contributed by atoms with E-state index in [2.05, 4.69) is 0 Å². The van der Waals surface area contributed by atoms with Crippen molar-refractivity contribution in [2.75, 3.05) is 19.7 Å². The highest BCUT2D eigenvalue weighted by Crippen LogP contribution is 2.09. The van der Waals surface area contributed by atoms with Crippen molar-refractivity contribution < 1.29 is 24.9 Å². The van der Waals surface area contributed by atoms with Crippen LogP contribution in [-0.4, -0.2) is 57.9 Å². The largest absolute Gasteiger partial charge is 0.481 e. The molecule has 0 radical (unpaired) electrons. The second-order valence-corrected chi connectivity index (χ2v) is 4.12. The minimum atomic E-state index is -0.925. The van der Waals surface area contributed by atoms with E-state index in [0.29, 0.717) is 6.42 Å². The molecular formula is C11H21NO5. The Bertz CT molecular complexity index is 252. The maximum Gasteiger partial charge on any atom is 0.307 e. The Morgan fingerprint density at radius 2 is 1.88 bits per heavy atom. The fraction of sp³-hybridized carbons (Fsp3) is 0.818. The third-order valence-electron chi connectivity index (χ3n) is 2.74. The van der Waals surface area contributed by atoms with Crippen LogP contribution < -0.4 is 0 Å². The van der Waals surface area contributed by atoms with Gasteiger partial charge in [0.2, 0.25) is 0 Å². The molecule has 0 rings (SSSR count). The van der Waals surface area contributed by atoms with Crippen molar-refractivity contribution in [1.29, 1.82) is 0 Å². The molecule has 0 fully saturated rings. The van der Waals surface area contributed by atoms with Gasteiger partial charge in [-0.3, -0.25) is 14.5 Å². The molecule has 2 atom stereocenters. The summed E-state index contributed by atoms with van der Waals surface area (Å²) in [6, 6.07) is -0.184. The first-order chi connectivity index (χ1) is 7.92. The van der Waals surface area contributed by atoms with Gasteiger partial charge in [0.15, 0.2) is 0 Å². The first-order valence-corrected chi connectivity index (χ1v) is 5.71. The van der Waals surface area contributed by atoms with Crippen molar-refractivity contribution in [2.45, 2.75) is 32.7 Å². The summed E-state index contributed by atoms with van der Waals surface area (Å²) in [7, 11) is 0. The number of hydrogen-bond acceptors (Lipinski definition) is 4. The molecule has 100 valence electrons. The summed E-state index contributed by atoms with van der Waals surface area (Å²) >= 11 is 0. The van der Waals surface area contributed by atoms with E-state index in [1.54, 1.807) is 11.8 Å². The molecule has 0 saturated heterocycles. The van der Waals surface area contributed by atoms with Crippen LogP contribution in [0.2, 0.25) is 0 Å². The van der Waals surface area contributed by atoms with E-state index in [4.69, 9.17) is 10.2 Å². The highest BCUT2D eigenvalue weighted by molar-refractivity contribution is 5.69. The smallest absolute Gasteiger partial charge is 0.307 e. The Morgan fingerprint density at radius 3 is 2.24 bits per heavy atom. The van der Waals surface area contributed by atoms with E-state index in [9.17, 15) is 14.7 Å². The molecule has 0 aliphatic heterocycles. The van der Waals surface area contributed by atoms with E-state index in [-0.39, 0.29) is 32.2 Å². The monoisotopic (exact) mass is 247 g/mol. The molecule has 0 amide bonds. The highest BCUT2D eigenvalue weighted by atomic mass is 16.4. The predicted octanol–water partition coefficient (Wildman–Crippen LogP) is 0.255. The average molecular weight is 247 g/mol. The molecule has 6 heteroatoms. The van der Waals surface area contributed by atoms with E-state index in [0.717, 1.165) is 0 Å². The van der Waals surface area contributed by atoms with E-state index >= 15 is 0 Å². The molecule has 0 saturated carbocycles. The van der Waals surface area contributed by atoms with Gasteiger partial charge >= 0.3 is 11.9 Å². The number of aliphatic hydroxyl groups excluding tert-OH is 1. The SMILES string of the molecule is CCC(CO)N(CCC(=O)O)CC(C)C(=O)O. The van der Waals surface area contributed by atoms with E-state index < -0.39 is 17.9 Å². The quantitative estimate of drug-likeness (QED) is 0.540. The zero-order chi connectivity index (χ0) is 13.4. The van der Waals surface area contributed by atoms with Crippen molar-refractivity contribution in [3.05, 3.63) is 0 Å². The predicted molar refractivity (Wildman–Crippen MR) is 61.8 cm³/mol. The van der Waals surface area contributed by atoms with Gasteiger partial charge in [0.1, 0.15) is 0 Å². The molecule has 3 N–H and O–H groups in total. The van der Waals surface area contributed by atoms with Crippen molar-refractivity contribution in [2.24, 2.45) is 5.92 Å². The van der Waals surface area contributed by atoms with Crippen LogP contribution in [0.5, 0.6) is 0 Å². The van der Waals surface area contributed by atoms with Crippen LogP contribution in [0.1, 0.15) is 26.7 Å². The van der Waals surface area contributed by atoms with Crippen LogP contribution in [0, 0.1) is 5.92 Å². The molecule has 17 heavy (non-hydrogen) atoms. The molecule has 0 aliphatic rings. The van der Waals surface area contributed by atoms with Gasteiger partial charge in [-0.1, -0.05) is 13.8 Å². The summed E-state index contributed by atoms with van der Waals surface area (Å²) < 4.78 is 0. The average Bonchev–Trinajstić information content (AvgIpc) is 2.26. The minimum Gasteiger partial charge on any atom is -0.481 e. The number of carbonyl (C=O) groups is 2. The Balaban J connectivity index is 4.48. The highest BCUT2D eigenvalue weighted by Gasteiger charge is 2.22. The summed E-state index contributed by atoms with van der Waals surface area (Å²) in [4.78, 5) is 23.0. The Kier molecular flexibility index (Phi) is 7.49. The van der Waals surface area contributed by atoms with Crippen LogP contribution in [0.15, 0.2) is 0 Å². The molecule has 0 spiro atoms. The second kappa shape index (κ2) is 8.03. The Morgan fingerprint density at radius 1 is 1.29 bits per heavy atom. The topological polar surface area (TPSA) is 98.1 Å². The van der Waals surface area contributed by atoms with Gasteiger partial charge in [0, 0.05) is 19.1 Å². The first kappa shape index (κ1) is 15.9. The lowest BCUT2D eigenvalue weighted by Gasteiger charge is -2.30. The van der Waals surface area contributed by atoms with Gasteiger partial charge in [-0.05, 0) is 6.42 Å². The molecule has 0 bridgehead atoms. The number of carboxylic acid groups (broad SMARTS) is 2. The van der Waals surface area contributed by atoms with Crippen LogP contribution in [0.25, 0.3) is 0 Å². The summed E-state index contributed by atoms with van der Waals surface area (Å²) in [6.45, 7) is 3.86. The number of hydrogen-bond donors (Lipinski definition) is 3. The molecule has 0 aromatic carbocycles. The third kappa shape index (κ3) is 6.23. The fourth-order valence-electron chi connectivity index (χ4n) is 1.59. The summed E-state index contributed by atoms with van der Waals surface area (Å²) in [5, 5.41) is 26.6. The van der Waals surface area contributed by atoms with Crippen molar-refractivity contribution >= 4 is 11.9 Å². The minimum absolute atomic E-state index is 0.0527. The van der Waals surface area contributed by atoms with Crippen LogP contribution in [0.3, 0.4) is 0 Å². The maximum atomic E-state index is 10.8. The number of aliphatic carboxylic acids is 2. The molecule has 0 aromatic rings. The molecule has 0 aliphatic carbocycles. The number of carboxylic acids is 2. The van der Waals surface area contributed by atoms with Crippen molar-refractivity contribution in [3.8, 4) is 0 Å². The molecule has 6 nitrogen and oxygen atoms in total. The van der Waals surface area contributed by atoms with Crippen molar-refractivity contribution in [3.63, 3.8) is 0 Å². The maximum absolute atomic E-state index is 10.8. The standard InChI is InChI=1S/C11H21NO5/c1-3-9(7-13)12(5-4-10(14)15)6-8(2)11(16)17/h8-9,13H,3-7H2,1-2H3,(H,14,15)(H,16,17). The van der Waals surface area contributed by atoms with Crippen molar-refractivity contribution in [1.82, 2.24) is 4.90 Å². The lowest BCUT2D eigenvalue weighted by molar-refractivity contribution is -0.142. The lowest BCUT2D eigenvalue weighted by atomic mass is 10.1. The fourth-order valence-corrected chi connectivity index (χ4v) is 1.59. The first-order valence-electron chi connectivity index (χ1n) is 5.71. The van der Waals surface area contributed by atoms with Crippen LogP contribution in [-0.2, 0) is 9.59 Å². The zero-order valence-electron chi connectivity index (χ0n) is 10.3. The van der Waals surface area contributed by atoms with Gasteiger partial charge in [-0.2, -0.15) is 0 Å². The zero-order valence-corrected chi connectivity index (χ0v) is 10.3. The Hall–Kier alpha value is -1.14. The number of nitrogens with zero attached hydrogens (tertiary/aromatic N) is 1.